The van der Waals surface area contributed by atoms with Crippen LogP contribution < -0.4 is 16.0 Å². The van der Waals surface area contributed by atoms with Crippen LogP contribution in [0.15, 0.2) is 48.8 Å². The van der Waals surface area contributed by atoms with E-state index in [0.29, 0.717) is 42.9 Å². The van der Waals surface area contributed by atoms with E-state index in [4.69, 9.17) is 0 Å². The number of hydrogen-bond donors (Lipinski definition) is 4. The predicted molar refractivity (Wildman–Crippen MR) is 137 cm³/mol. The lowest BCUT2D eigenvalue weighted by Gasteiger charge is -2.23. The second-order valence-electron chi connectivity index (χ2n) is 9.15. The summed E-state index contributed by atoms with van der Waals surface area (Å²) in [4.78, 5) is 21.3. The van der Waals surface area contributed by atoms with Crippen molar-refractivity contribution in [2.24, 2.45) is 0 Å². The second kappa shape index (κ2) is 11.0. The maximum absolute atomic E-state index is 13.4. The monoisotopic (exact) mass is 533 g/mol. The normalized spacial score (nSPS) is 19.0. The Hall–Kier alpha value is -3.21. The van der Waals surface area contributed by atoms with Gasteiger partial charge in [0.15, 0.2) is 0 Å². The van der Waals surface area contributed by atoms with Gasteiger partial charge in [-0.1, -0.05) is 18.2 Å². The van der Waals surface area contributed by atoms with Gasteiger partial charge < -0.3 is 21.1 Å². The van der Waals surface area contributed by atoms with Gasteiger partial charge in [0.2, 0.25) is 5.91 Å². The highest BCUT2D eigenvalue weighted by Gasteiger charge is 2.32. The number of aromatic nitrogens is 2. The zero-order valence-corrected chi connectivity index (χ0v) is 20.6. The quantitative estimate of drug-likeness (QED) is 0.373. The Kier molecular flexibility index (Phi) is 8.01. The van der Waals surface area contributed by atoms with E-state index in [2.05, 4.69) is 25.9 Å². The molecule has 1 amide bonds. The molecule has 0 unspecified atom stereocenters. The molecule has 7 nitrogen and oxygen atoms in total. The molecular weight excluding hydrogens is 507 g/mol. The minimum Gasteiger partial charge on any atom is -0.393 e. The Balaban J connectivity index is 0.00000320. The van der Waals surface area contributed by atoms with Crippen molar-refractivity contribution in [3.63, 3.8) is 0 Å². The number of hydrogen-bond acceptors (Lipinski definition) is 6. The van der Waals surface area contributed by atoms with E-state index in [9.17, 15) is 23.1 Å². The van der Waals surface area contributed by atoms with Gasteiger partial charge in [-0.15, -0.1) is 12.4 Å². The van der Waals surface area contributed by atoms with E-state index in [1.165, 1.54) is 12.4 Å². The van der Waals surface area contributed by atoms with E-state index in [1.54, 1.807) is 6.07 Å². The highest BCUT2D eigenvalue weighted by atomic mass is 35.5. The summed E-state index contributed by atoms with van der Waals surface area (Å²) >= 11 is 0. The number of carbonyl (C=O) groups is 1. The highest BCUT2D eigenvalue weighted by molar-refractivity contribution is 5.98. The third-order valence-corrected chi connectivity index (χ3v) is 6.65. The number of alkyl halides is 3. The summed E-state index contributed by atoms with van der Waals surface area (Å²) in [6, 6.07) is 10.3. The van der Waals surface area contributed by atoms with Gasteiger partial charge >= 0.3 is 6.18 Å². The maximum Gasteiger partial charge on any atom is 0.416 e. The second-order valence-corrected chi connectivity index (χ2v) is 9.15. The van der Waals surface area contributed by atoms with Gasteiger partial charge in [-0.2, -0.15) is 13.2 Å². The minimum absolute atomic E-state index is 0. The fraction of sp³-hybridized carbons (Fsp3) is 0.346. The summed E-state index contributed by atoms with van der Waals surface area (Å²) in [6.07, 6.45) is -0.164. The molecule has 4 N–H and O–H groups in total. The molecule has 1 aromatic heterocycles. The van der Waals surface area contributed by atoms with Crippen molar-refractivity contribution in [3.05, 3.63) is 65.5 Å². The van der Waals surface area contributed by atoms with Gasteiger partial charge in [-0.05, 0) is 61.6 Å². The van der Waals surface area contributed by atoms with Crippen LogP contribution in [-0.2, 0) is 23.8 Å². The third kappa shape index (κ3) is 6.03. The van der Waals surface area contributed by atoms with Crippen molar-refractivity contribution < 1.29 is 23.1 Å². The first kappa shape index (κ1) is 26.8. The molecule has 1 fully saturated rings. The molecule has 0 spiro atoms. The lowest BCUT2D eigenvalue weighted by Crippen LogP contribution is -2.35. The Bertz CT molecular complexity index is 1280. The van der Waals surface area contributed by atoms with Crippen molar-refractivity contribution in [1.82, 2.24) is 15.3 Å². The average Bonchev–Trinajstić information content (AvgIpc) is 3.39. The molecule has 2 aliphatic rings. The number of benzene rings is 2. The standard InChI is InChI=1S/C26H26F3N5O2.ClH/c27-26(28,29)16-7-9-18(23(11-16)34-25(36)21-5-2-10-30-21)22-13-24(32-14-31-22)33-20-4-1-3-15-6-8-17(35)12-19(15)20;/h1,3-4,7,9,11,13-14,17,21,30,35H,2,5-6,8,10,12H2,(H,34,36)(H,31,32,33);1H/t17-,21+;/m1./s1. The lowest BCUT2D eigenvalue weighted by molar-refractivity contribution is -0.137. The average molecular weight is 534 g/mol. The number of aliphatic hydroxyl groups is 1. The van der Waals surface area contributed by atoms with Crippen LogP contribution >= 0.6 is 12.4 Å². The fourth-order valence-electron chi connectivity index (χ4n) is 4.77. The van der Waals surface area contributed by atoms with E-state index in [0.717, 1.165) is 41.8 Å². The van der Waals surface area contributed by atoms with Crippen molar-refractivity contribution in [3.8, 4) is 11.3 Å². The van der Waals surface area contributed by atoms with Crippen molar-refractivity contribution in [1.29, 1.82) is 0 Å². The van der Waals surface area contributed by atoms with Crippen LogP contribution in [0.1, 0.15) is 36.0 Å². The highest BCUT2D eigenvalue weighted by Crippen LogP contribution is 2.36. The van der Waals surface area contributed by atoms with Gasteiger partial charge in [0, 0.05) is 23.7 Å². The van der Waals surface area contributed by atoms with E-state index in [1.807, 2.05) is 18.2 Å². The Labute approximate surface area is 218 Å². The summed E-state index contributed by atoms with van der Waals surface area (Å²) in [6.45, 7) is 0.689. The molecule has 1 saturated heterocycles. The molecule has 1 aliphatic carbocycles. The molecule has 5 rings (SSSR count). The van der Waals surface area contributed by atoms with Crippen LogP contribution in [0.4, 0.5) is 30.4 Å². The first-order valence-electron chi connectivity index (χ1n) is 11.9. The molecular formula is C26H27ClF3N5O2. The molecule has 0 saturated carbocycles. The van der Waals surface area contributed by atoms with Gasteiger partial charge in [-0.25, -0.2) is 9.97 Å². The molecule has 11 heteroatoms. The van der Waals surface area contributed by atoms with Gasteiger partial charge in [-0.3, -0.25) is 4.79 Å². The first-order valence-corrected chi connectivity index (χ1v) is 11.9. The maximum atomic E-state index is 13.4. The SMILES string of the molecule is Cl.O=C(Nc1cc(C(F)(F)F)ccc1-c1cc(Nc2cccc3c2C[C@H](O)CC3)ncn1)[C@@H]1CCCN1. The number of aryl methyl sites for hydroxylation is 1. The number of amides is 1. The number of nitrogens with zero attached hydrogens (tertiary/aromatic N) is 2. The van der Waals surface area contributed by atoms with Gasteiger partial charge in [0.25, 0.3) is 0 Å². The van der Waals surface area contributed by atoms with Gasteiger partial charge in [0.05, 0.1) is 29.1 Å². The summed E-state index contributed by atoms with van der Waals surface area (Å²) in [5.74, 6) is 0.0676. The fourth-order valence-corrected chi connectivity index (χ4v) is 4.77. The molecule has 1 aliphatic heterocycles. The molecule has 0 bridgehead atoms. The molecule has 37 heavy (non-hydrogen) atoms. The number of aliphatic hydroxyl groups excluding tert-OH is 1. The number of carbonyl (C=O) groups excluding carboxylic acids is 1. The van der Waals surface area contributed by atoms with Crippen molar-refractivity contribution >= 4 is 35.5 Å². The topological polar surface area (TPSA) is 99.2 Å². The lowest BCUT2D eigenvalue weighted by atomic mass is 9.88. The number of rotatable bonds is 5. The summed E-state index contributed by atoms with van der Waals surface area (Å²) < 4.78 is 40.3. The summed E-state index contributed by atoms with van der Waals surface area (Å²) in [5.41, 5.74) is 2.88. The van der Waals surface area contributed by atoms with Crippen LogP contribution in [0.2, 0.25) is 0 Å². The predicted octanol–water partition coefficient (Wildman–Crippen LogP) is 4.87. The number of halogens is 4. The Morgan fingerprint density at radius 1 is 1.08 bits per heavy atom. The zero-order chi connectivity index (χ0) is 25.3. The minimum atomic E-state index is -4.56. The number of anilines is 3. The van der Waals surface area contributed by atoms with Crippen LogP contribution in [-0.4, -0.2) is 39.7 Å². The third-order valence-electron chi connectivity index (χ3n) is 6.65. The van der Waals surface area contributed by atoms with Crippen molar-refractivity contribution in [2.45, 2.75) is 50.4 Å². The van der Waals surface area contributed by atoms with Gasteiger partial charge in [0.1, 0.15) is 12.1 Å². The molecule has 3 aromatic rings. The Morgan fingerprint density at radius 2 is 1.92 bits per heavy atom. The van der Waals surface area contributed by atoms with Crippen LogP contribution in [0.5, 0.6) is 0 Å². The molecule has 2 atom stereocenters. The Morgan fingerprint density at radius 3 is 2.68 bits per heavy atom. The molecule has 2 aromatic carbocycles. The van der Waals surface area contributed by atoms with E-state index in [-0.39, 0.29) is 24.0 Å². The summed E-state index contributed by atoms with van der Waals surface area (Å²) in [7, 11) is 0. The molecule has 2 heterocycles. The largest absolute Gasteiger partial charge is 0.416 e. The number of nitrogens with one attached hydrogen (secondary N) is 3. The first-order chi connectivity index (χ1) is 17.3. The van der Waals surface area contributed by atoms with E-state index >= 15 is 0 Å². The number of fused-ring (bicyclic) bond motifs is 1. The van der Waals surface area contributed by atoms with Crippen LogP contribution in [0.25, 0.3) is 11.3 Å². The summed E-state index contributed by atoms with van der Waals surface area (Å²) in [5, 5.41) is 19.1. The van der Waals surface area contributed by atoms with E-state index < -0.39 is 23.9 Å². The zero-order valence-electron chi connectivity index (χ0n) is 19.8. The van der Waals surface area contributed by atoms with Crippen molar-refractivity contribution in [2.75, 3.05) is 17.2 Å². The molecule has 0 radical (unpaired) electrons. The molecule has 196 valence electrons. The smallest absolute Gasteiger partial charge is 0.393 e. The van der Waals surface area contributed by atoms with Crippen LogP contribution in [0, 0.1) is 0 Å². The van der Waals surface area contributed by atoms with Crippen LogP contribution in [0.3, 0.4) is 0 Å².